The Morgan fingerprint density at radius 3 is 2.15 bits per heavy atom. The van der Waals surface area contributed by atoms with Crippen LogP contribution in [0.25, 0.3) is 11.3 Å². The molecule has 130 valence electrons. The fourth-order valence-electron chi connectivity index (χ4n) is 2.73. The maximum absolute atomic E-state index is 12.2. The third kappa shape index (κ3) is 3.62. The van der Waals surface area contributed by atoms with E-state index in [1.807, 2.05) is 6.07 Å². The maximum Gasteiger partial charge on any atom is 0.231 e. The summed E-state index contributed by atoms with van der Waals surface area (Å²) in [6, 6.07) is 17.3. The van der Waals surface area contributed by atoms with Crippen molar-refractivity contribution in [3.05, 3.63) is 87.5 Å². The van der Waals surface area contributed by atoms with Crippen LogP contribution in [0.4, 0.5) is 0 Å². The summed E-state index contributed by atoms with van der Waals surface area (Å²) in [6.45, 7) is 0. The van der Waals surface area contributed by atoms with E-state index in [4.69, 9.17) is 28.9 Å². The lowest BCUT2D eigenvalue weighted by Crippen LogP contribution is -2.24. The first kappa shape index (κ1) is 18.1. The summed E-state index contributed by atoms with van der Waals surface area (Å²) < 4.78 is 0. The molecule has 26 heavy (non-hydrogen) atoms. The molecule has 1 amide bonds. The second kappa shape index (κ2) is 7.68. The smallest absolute Gasteiger partial charge is 0.231 e. The highest BCUT2D eigenvalue weighted by Gasteiger charge is 2.26. The lowest BCUT2D eigenvalue weighted by Gasteiger charge is -2.17. The summed E-state index contributed by atoms with van der Waals surface area (Å²) in [7, 11) is 0. The Hall–Kier alpha value is -2.69. The minimum Gasteiger partial charge on any atom is -0.369 e. The van der Waals surface area contributed by atoms with Gasteiger partial charge in [-0.2, -0.15) is 0 Å². The van der Waals surface area contributed by atoms with Crippen LogP contribution in [0.3, 0.4) is 0 Å². The van der Waals surface area contributed by atoms with Gasteiger partial charge in [0, 0.05) is 26.7 Å². The quantitative estimate of drug-likeness (QED) is 0.658. The number of pyridine rings is 1. The summed E-state index contributed by atoms with van der Waals surface area (Å²) in [6.07, 6.45) is 0.774. The number of hydrogen-bond acceptors (Lipinski definition) is 3. The molecule has 2 N–H and O–H groups in total. The van der Waals surface area contributed by atoms with Crippen LogP contribution in [0.5, 0.6) is 0 Å². The molecule has 0 bridgehead atoms. The van der Waals surface area contributed by atoms with Crippen LogP contribution < -0.4 is 5.73 Å². The van der Waals surface area contributed by atoms with E-state index in [1.54, 1.807) is 54.6 Å². The normalized spacial score (nSPS) is 11.8. The van der Waals surface area contributed by atoms with Gasteiger partial charge >= 0.3 is 0 Å². The Balaban J connectivity index is 2.09. The third-order valence-electron chi connectivity index (χ3n) is 3.98. The van der Waals surface area contributed by atoms with E-state index in [9.17, 15) is 9.59 Å². The van der Waals surface area contributed by atoms with Crippen molar-refractivity contribution in [1.82, 2.24) is 4.98 Å². The van der Waals surface area contributed by atoms with Crippen LogP contribution in [0.2, 0.25) is 10.0 Å². The molecule has 0 aliphatic carbocycles. The number of hydrogen-bond donors (Lipinski definition) is 1. The van der Waals surface area contributed by atoms with Crippen molar-refractivity contribution in [3.63, 3.8) is 0 Å². The Kier molecular flexibility index (Phi) is 5.35. The molecular weight excluding hydrogens is 371 g/mol. The molecule has 0 fully saturated rings. The molecule has 1 heterocycles. The number of aromatic nitrogens is 1. The molecule has 0 spiro atoms. The molecule has 0 radical (unpaired) electrons. The first-order valence-corrected chi connectivity index (χ1v) is 8.52. The summed E-state index contributed by atoms with van der Waals surface area (Å²) >= 11 is 12.5. The summed E-state index contributed by atoms with van der Waals surface area (Å²) in [5.41, 5.74) is 8.54. The van der Waals surface area contributed by atoms with E-state index in [-0.39, 0.29) is 0 Å². The number of amides is 1. The molecule has 0 saturated heterocycles. The minimum atomic E-state index is -0.870. The summed E-state index contributed by atoms with van der Waals surface area (Å²) in [4.78, 5) is 27.5. The molecule has 0 aliphatic heterocycles. The standard InChI is InChI=1S/C20H14Cl2N2O2/c21-14-3-1-4-15(22)18(14)19(20(23)26)17-6-2-5-16(24-17)13-9-7-12(11-25)8-10-13/h1-11,19H,(H2,23,26). The van der Waals surface area contributed by atoms with Crippen molar-refractivity contribution >= 4 is 35.4 Å². The van der Waals surface area contributed by atoms with Gasteiger partial charge in [-0.15, -0.1) is 0 Å². The van der Waals surface area contributed by atoms with Gasteiger partial charge in [0.2, 0.25) is 5.91 Å². The number of nitrogens with zero attached hydrogens (tertiary/aromatic N) is 1. The van der Waals surface area contributed by atoms with Gasteiger partial charge in [-0.25, -0.2) is 0 Å². The van der Waals surface area contributed by atoms with Gasteiger partial charge in [0.1, 0.15) is 12.2 Å². The lowest BCUT2D eigenvalue weighted by molar-refractivity contribution is -0.118. The number of rotatable bonds is 5. The monoisotopic (exact) mass is 384 g/mol. The van der Waals surface area contributed by atoms with Crippen molar-refractivity contribution in [2.24, 2.45) is 5.73 Å². The average molecular weight is 385 g/mol. The molecule has 2 aromatic carbocycles. The fourth-order valence-corrected chi connectivity index (χ4v) is 3.34. The molecule has 1 atom stereocenters. The van der Waals surface area contributed by atoms with Crippen molar-refractivity contribution < 1.29 is 9.59 Å². The van der Waals surface area contributed by atoms with E-state index < -0.39 is 11.8 Å². The third-order valence-corrected chi connectivity index (χ3v) is 4.64. The molecule has 0 saturated carbocycles. The second-order valence-electron chi connectivity index (χ2n) is 5.66. The number of carbonyl (C=O) groups is 2. The largest absolute Gasteiger partial charge is 0.369 e. The molecule has 1 unspecified atom stereocenters. The van der Waals surface area contributed by atoms with E-state index in [1.165, 1.54) is 0 Å². The highest BCUT2D eigenvalue weighted by atomic mass is 35.5. The van der Waals surface area contributed by atoms with Gasteiger partial charge < -0.3 is 5.73 Å². The predicted molar refractivity (Wildman–Crippen MR) is 103 cm³/mol. The van der Waals surface area contributed by atoms with Gasteiger partial charge in [0.25, 0.3) is 0 Å². The Labute approximate surface area is 160 Å². The zero-order valence-corrected chi connectivity index (χ0v) is 15.0. The minimum absolute atomic E-state index is 0.351. The van der Waals surface area contributed by atoms with Crippen LogP contribution in [0, 0.1) is 0 Å². The van der Waals surface area contributed by atoms with Crippen molar-refractivity contribution in [2.45, 2.75) is 5.92 Å². The maximum atomic E-state index is 12.2. The number of aldehydes is 1. The highest BCUT2D eigenvalue weighted by molar-refractivity contribution is 6.36. The van der Waals surface area contributed by atoms with Gasteiger partial charge in [0.05, 0.1) is 11.4 Å². The number of nitrogens with two attached hydrogens (primary N) is 1. The van der Waals surface area contributed by atoms with Crippen molar-refractivity contribution in [2.75, 3.05) is 0 Å². The van der Waals surface area contributed by atoms with Gasteiger partial charge in [-0.05, 0) is 24.3 Å². The Morgan fingerprint density at radius 1 is 0.962 bits per heavy atom. The van der Waals surface area contributed by atoms with E-state index in [2.05, 4.69) is 4.98 Å². The van der Waals surface area contributed by atoms with E-state index >= 15 is 0 Å². The fraction of sp³-hybridized carbons (Fsp3) is 0.0500. The zero-order valence-electron chi connectivity index (χ0n) is 13.5. The molecule has 0 aliphatic rings. The molecule has 3 aromatic rings. The SMILES string of the molecule is NC(=O)C(c1cccc(-c2ccc(C=O)cc2)n1)c1c(Cl)cccc1Cl. The molecule has 3 rings (SSSR count). The van der Waals surface area contributed by atoms with Gasteiger partial charge in [-0.3, -0.25) is 14.6 Å². The van der Waals surface area contributed by atoms with Gasteiger partial charge in [0.15, 0.2) is 0 Å². The Bertz CT molecular complexity index is 952. The number of halogens is 2. The van der Waals surface area contributed by atoms with Crippen molar-refractivity contribution in [1.29, 1.82) is 0 Å². The molecule has 6 heteroatoms. The van der Waals surface area contributed by atoms with Crippen LogP contribution in [0.1, 0.15) is 27.5 Å². The summed E-state index contributed by atoms with van der Waals surface area (Å²) in [5, 5.41) is 0.702. The first-order chi connectivity index (χ1) is 12.5. The number of primary amides is 1. The van der Waals surface area contributed by atoms with E-state index in [0.717, 1.165) is 11.8 Å². The highest BCUT2D eigenvalue weighted by Crippen LogP contribution is 2.35. The van der Waals surface area contributed by atoms with Crippen molar-refractivity contribution in [3.8, 4) is 11.3 Å². The van der Waals surface area contributed by atoms with Gasteiger partial charge in [-0.1, -0.05) is 59.6 Å². The van der Waals surface area contributed by atoms with Crippen LogP contribution >= 0.6 is 23.2 Å². The second-order valence-corrected chi connectivity index (χ2v) is 6.47. The number of carbonyl (C=O) groups excluding carboxylic acids is 2. The average Bonchev–Trinajstić information content (AvgIpc) is 2.64. The van der Waals surface area contributed by atoms with E-state index in [0.29, 0.717) is 32.6 Å². The molecular formula is C20H14Cl2N2O2. The predicted octanol–water partition coefficient (Wildman–Crippen LogP) is 4.49. The van der Waals surface area contributed by atoms with Crippen LogP contribution in [0.15, 0.2) is 60.7 Å². The Morgan fingerprint density at radius 2 is 1.58 bits per heavy atom. The van der Waals surface area contributed by atoms with Crippen LogP contribution in [-0.4, -0.2) is 17.2 Å². The lowest BCUT2D eigenvalue weighted by atomic mass is 9.93. The van der Waals surface area contributed by atoms with Crippen LogP contribution in [-0.2, 0) is 4.79 Å². The molecule has 1 aromatic heterocycles. The first-order valence-electron chi connectivity index (χ1n) is 7.77. The molecule has 4 nitrogen and oxygen atoms in total. The summed E-state index contributed by atoms with van der Waals surface area (Å²) in [5.74, 6) is -1.47. The number of benzene rings is 2. The zero-order chi connectivity index (χ0) is 18.7. The topological polar surface area (TPSA) is 73.1 Å².